The van der Waals surface area contributed by atoms with Crippen LogP contribution in [0.25, 0.3) is 11.3 Å². The number of anilines is 1. The number of alkyl halides is 1. The molecule has 1 amide bonds. The van der Waals surface area contributed by atoms with Crippen LogP contribution in [0.15, 0.2) is 34.9 Å². The van der Waals surface area contributed by atoms with Crippen LogP contribution in [-0.4, -0.2) is 30.6 Å². The van der Waals surface area contributed by atoms with E-state index in [-0.39, 0.29) is 11.8 Å². The number of carbonyl (C=O) groups excluding carboxylic acids is 1. The lowest BCUT2D eigenvalue weighted by molar-refractivity contribution is -0.117. The Hall–Kier alpha value is -2.01. The molecule has 2 aromatic rings. The van der Waals surface area contributed by atoms with E-state index in [2.05, 4.69) is 5.16 Å². The van der Waals surface area contributed by atoms with Crippen LogP contribution in [0.4, 0.5) is 5.88 Å². The molecule has 3 rings (SSSR count). The summed E-state index contributed by atoms with van der Waals surface area (Å²) in [4.78, 5) is 13.6. The summed E-state index contributed by atoms with van der Waals surface area (Å²) in [5, 5.41) is 4.03. The Bertz CT molecular complexity index is 656. The highest BCUT2D eigenvalue weighted by molar-refractivity contribution is 6.18. The summed E-state index contributed by atoms with van der Waals surface area (Å²) >= 11 is 5.82. The first-order valence-corrected chi connectivity index (χ1v) is 7.22. The number of nitrogens with zero attached hydrogens (tertiary/aromatic N) is 2. The number of halogens is 1. The van der Waals surface area contributed by atoms with E-state index in [0.717, 1.165) is 11.3 Å². The summed E-state index contributed by atoms with van der Waals surface area (Å²) in [6.45, 7) is 0.578. The smallest absolute Gasteiger partial charge is 0.234 e. The molecule has 21 heavy (non-hydrogen) atoms. The van der Waals surface area contributed by atoms with Crippen molar-refractivity contribution >= 4 is 23.4 Å². The predicted octanol–water partition coefficient (Wildman–Crippen LogP) is 2.94. The first-order valence-electron chi connectivity index (χ1n) is 6.68. The minimum Gasteiger partial charge on any atom is -0.497 e. The molecule has 1 unspecified atom stereocenters. The molecular weight excluding hydrogens is 292 g/mol. The molecule has 0 spiro atoms. The minimum atomic E-state index is 0.0222. The van der Waals surface area contributed by atoms with E-state index in [4.69, 9.17) is 20.9 Å². The molecule has 0 N–H and O–H groups in total. The fraction of sp³-hybridized carbons (Fsp3) is 0.333. The molecule has 2 heterocycles. The van der Waals surface area contributed by atoms with Gasteiger partial charge in [0, 0.05) is 30.5 Å². The van der Waals surface area contributed by atoms with Gasteiger partial charge in [0.05, 0.1) is 7.11 Å². The zero-order chi connectivity index (χ0) is 14.8. The van der Waals surface area contributed by atoms with Crippen LogP contribution >= 0.6 is 11.6 Å². The van der Waals surface area contributed by atoms with Crippen molar-refractivity contribution in [3.8, 4) is 17.0 Å². The summed E-state index contributed by atoms with van der Waals surface area (Å²) in [6.07, 6.45) is 0.457. The van der Waals surface area contributed by atoms with Crippen molar-refractivity contribution in [2.24, 2.45) is 5.92 Å². The normalized spacial score (nSPS) is 18.3. The van der Waals surface area contributed by atoms with Crippen molar-refractivity contribution in [1.29, 1.82) is 0 Å². The van der Waals surface area contributed by atoms with Crippen LogP contribution in [0, 0.1) is 5.92 Å². The molecule has 0 bridgehead atoms. The van der Waals surface area contributed by atoms with Crippen molar-refractivity contribution in [3.05, 3.63) is 30.3 Å². The SMILES string of the molecule is COc1cccc(-c2cc(N3CC(CCl)CC3=O)on2)c1. The Morgan fingerprint density at radius 1 is 1.48 bits per heavy atom. The van der Waals surface area contributed by atoms with Gasteiger partial charge in [-0.2, -0.15) is 0 Å². The maximum atomic E-state index is 11.9. The molecular formula is C15H15ClN2O3. The van der Waals surface area contributed by atoms with E-state index in [1.807, 2.05) is 24.3 Å². The predicted molar refractivity (Wildman–Crippen MR) is 79.7 cm³/mol. The lowest BCUT2D eigenvalue weighted by Gasteiger charge is -2.10. The van der Waals surface area contributed by atoms with Gasteiger partial charge in [0.25, 0.3) is 0 Å². The van der Waals surface area contributed by atoms with Crippen molar-refractivity contribution in [2.75, 3.05) is 24.4 Å². The second-order valence-corrected chi connectivity index (χ2v) is 5.32. The molecule has 6 heteroatoms. The summed E-state index contributed by atoms with van der Waals surface area (Å²) in [6, 6.07) is 9.29. The van der Waals surface area contributed by atoms with Crippen LogP contribution in [0.3, 0.4) is 0 Å². The second-order valence-electron chi connectivity index (χ2n) is 5.01. The molecule has 1 aliphatic heterocycles. The lowest BCUT2D eigenvalue weighted by Crippen LogP contribution is -2.24. The van der Waals surface area contributed by atoms with Crippen molar-refractivity contribution in [3.63, 3.8) is 0 Å². The maximum absolute atomic E-state index is 11.9. The molecule has 0 radical (unpaired) electrons. The number of hydrogen-bond acceptors (Lipinski definition) is 4. The van der Waals surface area contributed by atoms with Gasteiger partial charge in [-0.05, 0) is 18.1 Å². The van der Waals surface area contributed by atoms with Crippen molar-refractivity contribution in [2.45, 2.75) is 6.42 Å². The quantitative estimate of drug-likeness (QED) is 0.815. The third-order valence-electron chi connectivity index (χ3n) is 3.55. The van der Waals surface area contributed by atoms with E-state index in [9.17, 15) is 4.79 Å². The van der Waals surface area contributed by atoms with Gasteiger partial charge in [0.15, 0.2) is 0 Å². The number of aromatic nitrogens is 1. The van der Waals surface area contributed by atoms with Gasteiger partial charge >= 0.3 is 0 Å². The fourth-order valence-electron chi connectivity index (χ4n) is 2.41. The number of carbonyl (C=O) groups is 1. The summed E-state index contributed by atoms with van der Waals surface area (Å²) in [7, 11) is 1.61. The van der Waals surface area contributed by atoms with Crippen LogP contribution in [0.2, 0.25) is 0 Å². The number of hydrogen-bond donors (Lipinski definition) is 0. The van der Waals surface area contributed by atoms with Crippen molar-refractivity contribution in [1.82, 2.24) is 5.16 Å². The Morgan fingerprint density at radius 3 is 3.05 bits per heavy atom. The largest absolute Gasteiger partial charge is 0.497 e. The molecule has 1 aromatic heterocycles. The number of rotatable bonds is 4. The molecule has 1 fully saturated rings. The monoisotopic (exact) mass is 306 g/mol. The molecule has 0 aliphatic carbocycles. The number of amides is 1. The van der Waals surface area contributed by atoms with Gasteiger partial charge < -0.3 is 9.26 Å². The highest BCUT2D eigenvalue weighted by Crippen LogP contribution is 2.30. The average molecular weight is 307 g/mol. The number of ether oxygens (including phenoxy) is 1. The van der Waals surface area contributed by atoms with E-state index in [1.165, 1.54) is 0 Å². The van der Waals surface area contributed by atoms with E-state index in [0.29, 0.717) is 30.4 Å². The molecule has 1 aliphatic rings. The molecule has 5 nitrogen and oxygen atoms in total. The molecule has 0 saturated carbocycles. The van der Waals surface area contributed by atoms with Crippen LogP contribution in [-0.2, 0) is 4.79 Å². The second kappa shape index (κ2) is 5.77. The summed E-state index contributed by atoms with van der Waals surface area (Å²) in [5.74, 6) is 1.87. The minimum absolute atomic E-state index is 0.0222. The number of methoxy groups -OCH3 is 1. The third-order valence-corrected chi connectivity index (χ3v) is 3.99. The van der Waals surface area contributed by atoms with Crippen LogP contribution in [0.1, 0.15) is 6.42 Å². The first kappa shape index (κ1) is 13.9. The Balaban J connectivity index is 1.85. The fourth-order valence-corrected chi connectivity index (χ4v) is 2.62. The molecule has 110 valence electrons. The van der Waals surface area contributed by atoms with Gasteiger partial charge in [-0.25, -0.2) is 0 Å². The Kier molecular flexibility index (Phi) is 3.84. The highest BCUT2D eigenvalue weighted by Gasteiger charge is 2.32. The number of benzene rings is 1. The van der Waals surface area contributed by atoms with Crippen molar-refractivity contribution < 1.29 is 14.1 Å². The first-order chi connectivity index (χ1) is 10.2. The lowest BCUT2D eigenvalue weighted by atomic mass is 10.1. The topological polar surface area (TPSA) is 55.6 Å². The Morgan fingerprint density at radius 2 is 2.33 bits per heavy atom. The average Bonchev–Trinajstić information content (AvgIpc) is 3.13. The standard InChI is InChI=1S/C15H15ClN2O3/c1-20-12-4-2-3-11(6-12)13-7-15(21-17-13)18-9-10(8-16)5-14(18)19/h2-4,6-7,10H,5,8-9H2,1H3. The Labute approximate surface area is 127 Å². The molecule has 1 aromatic carbocycles. The summed E-state index contributed by atoms with van der Waals surface area (Å²) < 4.78 is 10.5. The molecule has 1 saturated heterocycles. The zero-order valence-corrected chi connectivity index (χ0v) is 12.3. The maximum Gasteiger partial charge on any atom is 0.234 e. The van der Waals surface area contributed by atoms with Gasteiger partial charge in [0.2, 0.25) is 11.8 Å². The third kappa shape index (κ3) is 2.74. The van der Waals surface area contributed by atoms with Gasteiger partial charge in [0.1, 0.15) is 11.4 Å². The van der Waals surface area contributed by atoms with Gasteiger partial charge in [-0.15, -0.1) is 11.6 Å². The zero-order valence-electron chi connectivity index (χ0n) is 11.6. The van der Waals surface area contributed by atoms with Crippen LogP contribution < -0.4 is 9.64 Å². The van der Waals surface area contributed by atoms with E-state index < -0.39 is 0 Å². The van der Waals surface area contributed by atoms with E-state index >= 15 is 0 Å². The van der Waals surface area contributed by atoms with E-state index in [1.54, 1.807) is 18.1 Å². The summed E-state index contributed by atoms with van der Waals surface area (Å²) in [5.41, 5.74) is 1.55. The molecule has 1 atom stereocenters. The van der Waals surface area contributed by atoms with Crippen LogP contribution in [0.5, 0.6) is 5.75 Å². The van der Waals surface area contributed by atoms with Gasteiger partial charge in [-0.3, -0.25) is 9.69 Å². The highest BCUT2D eigenvalue weighted by atomic mass is 35.5. The van der Waals surface area contributed by atoms with Gasteiger partial charge in [-0.1, -0.05) is 17.3 Å².